The quantitative estimate of drug-likeness (QED) is 0.0220. The lowest BCUT2D eigenvalue weighted by atomic mass is 9.55. The first-order valence-electron chi connectivity index (χ1n) is 26.7. The average molecular weight is 1110 g/mol. The second kappa shape index (κ2) is 26.0. The molecule has 422 valence electrons. The summed E-state index contributed by atoms with van der Waals surface area (Å²) < 4.78 is 37.8. The van der Waals surface area contributed by atoms with Crippen LogP contribution in [0.1, 0.15) is 67.6 Å². The third-order valence-electron chi connectivity index (χ3n) is 15.1. The van der Waals surface area contributed by atoms with Crippen LogP contribution in [0.15, 0.2) is 157 Å². The standard InChI is InChI=1S/C61H63N5O15/c1-4-32-77-61-56(64(37-42-15-11-14-40-12-5-6-16-48(40)42)60(70)80-45-24-22-44(23-25-45)66(73)74)36-53(63-78-38-39-18-20-43(21-19-39)65(71)72)50-33-41(13-7-9-30-67)49(17-8-10-31-68)57(58(50)61)51-34-47(27-29-54(51)81-61)79-59(69)62-52-28-26-46(75-2)35-55(52)76-3/h4-6,11-12,14-16,18-29,33-35,41,49,56-58,67-68H,1,7-10,13,17,30-32,36-38H2,2-3H3,(H,62,69). The second-order valence-corrected chi connectivity index (χ2v) is 19.9. The van der Waals surface area contributed by atoms with Crippen molar-refractivity contribution >= 4 is 45.7 Å². The molecule has 0 aromatic heterocycles. The number of unbranched alkanes of at least 4 members (excludes halogenated alkanes) is 2. The molecule has 9 rings (SSSR count). The van der Waals surface area contributed by atoms with Gasteiger partial charge in [0.25, 0.3) is 11.4 Å². The number of carbonyl (C=O) groups is 2. The van der Waals surface area contributed by atoms with Crippen LogP contribution in [0.2, 0.25) is 0 Å². The van der Waals surface area contributed by atoms with Gasteiger partial charge in [0.1, 0.15) is 41.4 Å². The molecular weight excluding hydrogens is 1040 g/mol. The van der Waals surface area contributed by atoms with E-state index >= 15 is 4.79 Å². The van der Waals surface area contributed by atoms with E-state index in [2.05, 4.69) is 18.0 Å². The molecule has 20 heteroatoms. The number of non-ortho nitro benzene ring substituents is 2. The lowest BCUT2D eigenvalue weighted by molar-refractivity contribution is -0.385. The number of oxime groups is 1. The number of amides is 2. The molecule has 1 fully saturated rings. The molecule has 2 aliphatic carbocycles. The maximum absolute atomic E-state index is 15.5. The van der Waals surface area contributed by atoms with Gasteiger partial charge in [0.2, 0.25) is 5.79 Å². The van der Waals surface area contributed by atoms with E-state index in [0.29, 0.717) is 83.9 Å². The Hall–Kier alpha value is -8.85. The van der Waals surface area contributed by atoms with Crippen molar-refractivity contribution in [3.05, 3.63) is 189 Å². The Morgan fingerprint density at radius 2 is 1.51 bits per heavy atom. The van der Waals surface area contributed by atoms with Gasteiger partial charge in [-0.3, -0.25) is 30.4 Å². The van der Waals surface area contributed by atoms with Gasteiger partial charge in [-0.15, -0.1) is 6.58 Å². The molecule has 0 radical (unpaired) electrons. The Bertz CT molecular complexity index is 3310. The fraction of sp³-hybridized carbons (Fsp3) is 0.328. The fourth-order valence-electron chi connectivity index (χ4n) is 11.5. The highest BCUT2D eigenvalue weighted by atomic mass is 16.7. The first-order valence-corrected chi connectivity index (χ1v) is 26.7. The predicted molar refractivity (Wildman–Crippen MR) is 301 cm³/mol. The number of nitro benzene ring substituents is 2. The van der Waals surface area contributed by atoms with Gasteiger partial charge in [-0.25, -0.2) is 9.59 Å². The van der Waals surface area contributed by atoms with Gasteiger partial charge >= 0.3 is 12.2 Å². The smallest absolute Gasteiger partial charge is 0.417 e. The molecule has 81 heavy (non-hydrogen) atoms. The Morgan fingerprint density at radius 3 is 2.21 bits per heavy atom. The van der Waals surface area contributed by atoms with Crippen molar-refractivity contribution in [3.63, 3.8) is 0 Å². The molecule has 3 N–H and O–H groups in total. The van der Waals surface area contributed by atoms with Crippen LogP contribution in [0, 0.1) is 38.0 Å². The Kier molecular flexibility index (Phi) is 18.2. The first-order chi connectivity index (χ1) is 39.4. The van der Waals surface area contributed by atoms with Crippen molar-refractivity contribution in [1.82, 2.24) is 4.90 Å². The Balaban J connectivity index is 1.24. The molecule has 0 bridgehead atoms. The van der Waals surface area contributed by atoms with Gasteiger partial charge in [0, 0.05) is 61.4 Å². The number of aliphatic hydroxyl groups excluding tert-OH is 2. The lowest BCUT2D eigenvalue weighted by Crippen LogP contribution is -2.70. The summed E-state index contributed by atoms with van der Waals surface area (Å²) in [5, 5.41) is 53.0. The number of ether oxygens (including phenoxy) is 6. The molecule has 3 aliphatic rings. The van der Waals surface area contributed by atoms with Crippen molar-refractivity contribution in [1.29, 1.82) is 0 Å². The number of rotatable bonds is 24. The van der Waals surface area contributed by atoms with Gasteiger partial charge in [0.15, 0.2) is 0 Å². The molecule has 6 aromatic rings. The first kappa shape index (κ1) is 56.9. The summed E-state index contributed by atoms with van der Waals surface area (Å²) in [5.74, 6) is -2.06. The number of nitro groups is 2. The zero-order valence-corrected chi connectivity index (χ0v) is 44.8. The van der Waals surface area contributed by atoms with Crippen LogP contribution in [0.3, 0.4) is 0 Å². The largest absolute Gasteiger partial charge is 0.497 e. The monoisotopic (exact) mass is 1110 g/mol. The number of aliphatic hydroxyl groups is 2. The lowest BCUT2D eigenvalue weighted by Gasteiger charge is -2.59. The topological polar surface area (TPSA) is 253 Å². The van der Waals surface area contributed by atoms with Crippen LogP contribution in [0.25, 0.3) is 10.8 Å². The highest BCUT2D eigenvalue weighted by Crippen LogP contribution is 2.62. The normalized spacial score (nSPS) is 20.1. The number of nitrogens with zero attached hydrogens (tertiary/aromatic N) is 4. The molecule has 6 atom stereocenters. The summed E-state index contributed by atoms with van der Waals surface area (Å²) in [4.78, 5) is 59.4. The molecule has 1 heterocycles. The number of methoxy groups -OCH3 is 2. The van der Waals surface area contributed by atoms with E-state index in [0.717, 1.165) is 16.3 Å². The van der Waals surface area contributed by atoms with E-state index < -0.39 is 45.7 Å². The van der Waals surface area contributed by atoms with E-state index in [-0.39, 0.29) is 74.1 Å². The summed E-state index contributed by atoms with van der Waals surface area (Å²) in [6.45, 7) is 3.78. The van der Waals surface area contributed by atoms with Crippen LogP contribution >= 0.6 is 0 Å². The zero-order valence-electron chi connectivity index (χ0n) is 44.8. The maximum atomic E-state index is 15.5. The molecular formula is C61H63N5O15. The van der Waals surface area contributed by atoms with Crippen molar-refractivity contribution in [3.8, 4) is 28.7 Å². The molecule has 1 saturated carbocycles. The molecule has 0 saturated heterocycles. The van der Waals surface area contributed by atoms with E-state index in [1.165, 1.54) is 50.6 Å². The van der Waals surface area contributed by atoms with Crippen LogP contribution in [0.4, 0.5) is 26.7 Å². The molecule has 2 amide bonds. The number of allylic oxidation sites excluding steroid dienone is 1. The van der Waals surface area contributed by atoms with Crippen molar-refractivity contribution in [2.75, 3.05) is 39.4 Å². The van der Waals surface area contributed by atoms with Gasteiger partial charge in [-0.1, -0.05) is 72.6 Å². The van der Waals surface area contributed by atoms with Crippen LogP contribution in [0.5, 0.6) is 28.7 Å². The Morgan fingerprint density at radius 1 is 0.815 bits per heavy atom. The van der Waals surface area contributed by atoms with Crippen molar-refractivity contribution < 1.29 is 62.9 Å². The summed E-state index contributed by atoms with van der Waals surface area (Å²) >= 11 is 0. The van der Waals surface area contributed by atoms with E-state index in [1.54, 1.807) is 59.5 Å². The maximum Gasteiger partial charge on any atom is 0.417 e. The van der Waals surface area contributed by atoms with E-state index in [9.17, 15) is 35.2 Å². The van der Waals surface area contributed by atoms with Crippen molar-refractivity contribution in [2.45, 2.75) is 75.8 Å². The number of fused-ring (bicyclic) bond motifs is 3. The van der Waals surface area contributed by atoms with Gasteiger partial charge in [0.05, 0.1) is 54.5 Å². The highest BCUT2D eigenvalue weighted by Gasteiger charge is 2.66. The van der Waals surface area contributed by atoms with E-state index in [4.69, 9.17) is 38.4 Å². The number of benzene rings is 6. The van der Waals surface area contributed by atoms with Crippen molar-refractivity contribution in [2.24, 2.45) is 22.9 Å². The number of hydrogen-bond donors (Lipinski definition) is 3. The number of carbonyl (C=O) groups excluding carboxylic acids is 2. The summed E-state index contributed by atoms with van der Waals surface area (Å²) in [7, 11) is 2.99. The number of hydrogen-bond acceptors (Lipinski definition) is 16. The van der Waals surface area contributed by atoms with Gasteiger partial charge < -0.3 is 43.5 Å². The average Bonchev–Trinajstić information content (AvgIpc) is 1.55. The fourth-order valence-corrected chi connectivity index (χ4v) is 11.5. The number of nitrogens with one attached hydrogen (secondary N) is 1. The van der Waals surface area contributed by atoms with Crippen LogP contribution in [-0.2, 0) is 22.7 Å². The van der Waals surface area contributed by atoms with Crippen LogP contribution < -0.4 is 29.0 Å². The molecule has 0 spiro atoms. The SMILES string of the molecule is C=CCOC12Oc3ccc(OC(=O)Nc4ccc(OC)cc4OC)cc3C3C(CCCCO)C(CCCCO)C=C(C(=NOCc4ccc([N+](=O)[O-])cc4)CC1N(Cc1cccc4ccccc14)C(=O)Oc1ccc([N+](=O)[O-])cc1)C32. The highest BCUT2D eigenvalue weighted by molar-refractivity contribution is 6.03. The van der Waals surface area contributed by atoms with E-state index in [1.807, 2.05) is 42.5 Å². The minimum absolute atomic E-state index is 0.0156. The third-order valence-corrected chi connectivity index (χ3v) is 15.1. The zero-order chi connectivity index (χ0) is 57.0. The molecule has 20 nitrogen and oxygen atoms in total. The number of anilines is 1. The molecule has 6 aromatic carbocycles. The van der Waals surface area contributed by atoms with Crippen LogP contribution in [-0.4, -0.2) is 88.7 Å². The molecule has 6 unspecified atom stereocenters. The predicted octanol–water partition coefficient (Wildman–Crippen LogP) is 11.8. The van der Waals surface area contributed by atoms with Gasteiger partial charge in [-0.2, -0.15) is 0 Å². The Labute approximate surface area is 467 Å². The second-order valence-electron chi connectivity index (χ2n) is 19.9. The summed E-state index contributed by atoms with van der Waals surface area (Å²) in [6.07, 6.45) is 5.66. The molecule has 1 aliphatic heterocycles. The minimum Gasteiger partial charge on any atom is -0.497 e. The van der Waals surface area contributed by atoms with Gasteiger partial charge in [-0.05, 0) is 120 Å². The summed E-state index contributed by atoms with van der Waals surface area (Å²) in [5.41, 5.74) is 3.19. The third kappa shape index (κ3) is 12.6. The summed E-state index contributed by atoms with van der Waals surface area (Å²) in [6, 6.07) is 33.6. The minimum atomic E-state index is -1.77.